The summed E-state index contributed by atoms with van der Waals surface area (Å²) in [4.78, 5) is 23.1. The molecule has 0 radical (unpaired) electrons. The second-order valence-electron chi connectivity index (χ2n) is 6.24. The molecule has 27 heavy (non-hydrogen) atoms. The number of carbonyl (C=O) groups is 1. The van der Waals surface area contributed by atoms with Crippen molar-refractivity contribution in [3.8, 4) is 11.5 Å². The maximum Gasteiger partial charge on any atom is 0.231 e. The molecule has 0 unspecified atom stereocenters. The molecule has 0 aliphatic carbocycles. The standard InChI is InChI=1S/C17H19N7O3/c1-23-15-14(21-22-23)16(19-9-18-15)24-7-10(8-24)17(25)20-12-6-11(26-2)4-5-13(12)27-3/h4-6,9-10H,7-8H2,1-3H3,(H,20,25). The predicted octanol–water partition coefficient (Wildman–Crippen LogP) is 0.850. The van der Waals surface area contributed by atoms with Gasteiger partial charge in [0.1, 0.15) is 17.8 Å². The molecule has 0 bridgehead atoms. The Morgan fingerprint density at radius 3 is 2.78 bits per heavy atom. The molecule has 10 heteroatoms. The summed E-state index contributed by atoms with van der Waals surface area (Å²) in [5.74, 6) is 1.67. The third-order valence-electron chi connectivity index (χ3n) is 4.59. The van der Waals surface area contributed by atoms with Gasteiger partial charge in [-0.15, -0.1) is 5.10 Å². The molecular formula is C17H19N7O3. The summed E-state index contributed by atoms with van der Waals surface area (Å²) in [6, 6.07) is 5.27. The van der Waals surface area contributed by atoms with Crippen LogP contribution >= 0.6 is 0 Å². The van der Waals surface area contributed by atoms with E-state index in [-0.39, 0.29) is 11.8 Å². The van der Waals surface area contributed by atoms with Crippen LogP contribution in [0.1, 0.15) is 0 Å². The number of ether oxygens (including phenoxy) is 2. The van der Waals surface area contributed by atoms with Gasteiger partial charge >= 0.3 is 0 Å². The molecule has 4 rings (SSSR count). The maximum absolute atomic E-state index is 12.6. The van der Waals surface area contributed by atoms with Crippen LogP contribution < -0.4 is 19.7 Å². The van der Waals surface area contributed by atoms with E-state index in [1.165, 1.54) is 6.33 Å². The average Bonchev–Trinajstić information content (AvgIpc) is 3.02. The van der Waals surface area contributed by atoms with E-state index in [9.17, 15) is 4.79 Å². The second kappa shape index (κ2) is 6.71. The zero-order valence-electron chi connectivity index (χ0n) is 15.2. The smallest absolute Gasteiger partial charge is 0.231 e. The van der Waals surface area contributed by atoms with Crippen LogP contribution in [0.5, 0.6) is 11.5 Å². The third-order valence-corrected chi connectivity index (χ3v) is 4.59. The summed E-state index contributed by atoms with van der Waals surface area (Å²) in [6.07, 6.45) is 1.48. The van der Waals surface area contributed by atoms with Crippen LogP contribution in [0.2, 0.25) is 0 Å². The fourth-order valence-electron chi connectivity index (χ4n) is 3.04. The fourth-order valence-corrected chi connectivity index (χ4v) is 3.04. The highest BCUT2D eigenvalue weighted by molar-refractivity contribution is 5.96. The van der Waals surface area contributed by atoms with Crippen molar-refractivity contribution in [2.75, 3.05) is 37.5 Å². The Morgan fingerprint density at radius 1 is 1.22 bits per heavy atom. The maximum atomic E-state index is 12.6. The summed E-state index contributed by atoms with van der Waals surface area (Å²) in [5.41, 5.74) is 1.88. The first-order chi connectivity index (χ1) is 13.1. The zero-order valence-corrected chi connectivity index (χ0v) is 15.2. The van der Waals surface area contributed by atoms with E-state index < -0.39 is 0 Å². The van der Waals surface area contributed by atoms with Crippen LogP contribution in [0.4, 0.5) is 11.5 Å². The molecular weight excluding hydrogens is 350 g/mol. The molecule has 1 N–H and O–H groups in total. The number of nitrogens with one attached hydrogen (secondary N) is 1. The molecule has 0 spiro atoms. The van der Waals surface area contributed by atoms with E-state index in [0.717, 1.165) is 0 Å². The molecule has 140 valence electrons. The molecule has 1 amide bonds. The van der Waals surface area contributed by atoms with Crippen molar-refractivity contribution >= 4 is 28.6 Å². The Balaban J connectivity index is 1.46. The van der Waals surface area contributed by atoms with Crippen molar-refractivity contribution in [3.05, 3.63) is 24.5 Å². The molecule has 1 saturated heterocycles. The lowest BCUT2D eigenvalue weighted by molar-refractivity contribution is -0.120. The molecule has 1 aliphatic rings. The van der Waals surface area contributed by atoms with Gasteiger partial charge < -0.3 is 19.7 Å². The summed E-state index contributed by atoms with van der Waals surface area (Å²) in [6.45, 7) is 1.08. The Labute approximate surface area is 155 Å². The Hall–Kier alpha value is -3.43. The van der Waals surface area contributed by atoms with E-state index >= 15 is 0 Å². The minimum Gasteiger partial charge on any atom is -0.497 e. The Kier molecular flexibility index (Phi) is 4.22. The number of amides is 1. The van der Waals surface area contributed by atoms with E-state index in [2.05, 4.69) is 25.6 Å². The lowest BCUT2D eigenvalue weighted by Gasteiger charge is -2.38. The van der Waals surface area contributed by atoms with E-state index in [4.69, 9.17) is 9.47 Å². The van der Waals surface area contributed by atoms with Crippen LogP contribution in [0.3, 0.4) is 0 Å². The monoisotopic (exact) mass is 369 g/mol. The number of fused-ring (bicyclic) bond motifs is 1. The van der Waals surface area contributed by atoms with Crippen LogP contribution in [-0.4, -0.2) is 58.2 Å². The molecule has 0 atom stereocenters. The van der Waals surface area contributed by atoms with Crippen molar-refractivity contribution in [2.24, 2.45) is 13.0 Å². The van der Waals surface area contributed by atoms with Crippen molar-refractivity contribution in [2.45, 2.75) is 0 Å². The average molecular weight is 369 g/mol. The first kappa shape index (κ1) is 17.0. The van der Waals surface area contributed by atoms with Crippen molar-refractivity contribution in [1.82, 2.24) is 25.0 Å². The number of nitrogens with zero attached hydrogens (tertiary/aromatic N) is 6. The summed E-state index contributed by atoms with van der Waals surface area (Å²) in [7, 11) is 4.91. The lowest BCUT2D eigenvalue weighted by Crippen LogP contribution is -2.52. The number of carbonyl (C=O) groups excluding carboxylic acids is 1. The number of methoxy groups -OCH3 is 2. The van der Waals surface area contributed by atoms with Gasteiger partial charge in [0, 0.05) is 26.2 Å². The first-order valence-corrected chi connectivity index (χ1v) is 8.39. The van der Waals surface area contributed by atoms with Gasteiger partial charge in [0.2, 0.25) is 5.91 Å². The summed E-state index contributed by atoms with van der Waals surface area (Å²) < 4.78 is 12.1. The van der Waals surface area contributed by atoms with Crippen LogP contribution in [0, 0.1) is 5.92 Å². The number of hydrogen-bond donors (Lipinski definition) is 1. The summed E-state index contributed by atoms with van der Waals surface area (Å²) in [5, 5.41) is 11.0. The van der Waals surface area contributed by atoms with Gasteiger partial charge in [0.05, 0.1) is 25.8 Å². The molecule has 3 aromatic rings. The van der Waals surface area contributed by atoms with Gasteiger partial charge in [-0.1, -0.05) is 5.21 Å². The molecule has 10 nitrogen and oxygen atoms in total. The van der Waals surface area contributed by atoms with E-state index in [0.29, 0.717) is 47.3 Å². The van der Waals surface area contributed by atoms with E-state index in [1.54, 1.807) is 44.1 Å². The Bertz CT molecular complexity index is 997. The summed E-state index contributed by atoms with van der Waals surface area (Å²) >= 11 is 0. The van der Waals surface area contributed by atoms with Crippen LogP contribution in [0.15, 0.2) is 24.5 Å². The highest BCUT2D eigenvalue weighted by Gasteiger charge is 2.35. The van der Waals surface area contributed by atoms with Crippen molar-refractivity contribution in [3.63, 3.8) is 0 Å². The van der Waals surface area contributed by atoms with Crippen LogP contribution in [-0.2, 0) is 11.8 Å². The molecule has 1 aromatic carbocycles. The molecule has 3 heterocycles. The van der Waals surface area contributed by atoms with Crippen molar-refractivity contribution < 1.29 is 14.3 Å². The van der Waals surface area contributed by atoms with Gasteiger partial charge in [0.15, 0.2) is 17.0 Å². The van der Waals surface area contributed by atoms with E-state index in [1.807, 2.05) is 4.90 Å². The number of rotatable bonds is 5. The number of benzene rings is 1. The minimum atomic E-state index is -0.164. The quantitative estimate of drug-likeness (QED) is 0.705. The van der Waals surface area contributed by atoms with Gasteiger partial charge in [-0.05, 0) is 12.1 Å². The predicted molar refractivity (Wildman–Crippen MR) is 98.0 cm³/mol. The topological polar surface area (TPSA) is 107 Å². The van der Waals surface area contributed by atoms with Crippen LogP contribution in [0.25, 0.3) is 11.2 Å². The third kappa shape index (κ3) is 2.98. The molecule has 1 aliphatic heterocycles. The fraction of sp³-hybridized carbons (Fsp3) is 0.353. The highest BCUT2D eigenvalue weighted by atomic mass is 16.5. The zero-order chi connectivity index (χ0) is 19.0. The highest BCUT2D eigenvalue weighted by Crippen LogP contribution is 2.31. The number of hydrogen-bond acceptors (Lipinski definition) is 8. The largest absolute Gasteiger partial charge is 0.497 e. The molecule has 1 fully saturated rings. The molecule has 2 aromatic heterocycles. The number of anilines is 2. The Morgan fingerprint density at radius 2 is 2.04 bits per heavy atom. The number of aromatic nitrogens is 5. The molecule has 0 saturated carbocycles. The van der Waals surface area contributed by atoms with Crippen molar-refractivity contribution in [1.29, 1.82) is 0 Å². The van der Waals surface area contributed by atoms with Gasteiger partial charge in [-0.2, -0.15) is 0 Å². The minimum absolute atomic E-state index is 0.0813. The van der Waals surface area contributed by atoms with Gasteiger partial charge in [0.25, 0.3) is 0 Å². The number of aryl methyl sites for hydroxylation is 1. The lowest BCUT2D eigenvalue weighted by atomic mass is 9.99. The first-order valence-electron chi connectivity index (χ1n) is 8.39. The SMILES string of the molecule is COc1ccc(OC)c(NC(=O)C2CN(c3ncnc4c3nnn4C)C2)c1. The van der Waals surface area contributed by atoms with Gasteiger partial charge in [-0.25, -0.2) is 14.6 Å². The normalized spacial score (nSPS) is 14.1. The van der Waals surface area contributed by atoms with Gasteiger partial charge in [-0.3, -0.25) is 4.79 Å². The second-order valence-corrected chi connectivity index (χ2v) is 6.24.